The molecule has 1 aliphatic rings. The Bertz CT molecular complexity index is 1240. The predicted molar refractivity (Wildman–Crippen MR) is 126 cm³/mol. The molecule has 0 spiro atoms. The monoisotopic (exact) mass is 488 g/mol. The average Bonchev–Trinajstić information content (AvgIpc) is 3.40. The molecular formula is C22H24N4O5S2. The average molecular weight is 489 g/mol. The number of sulfone groups is 1. The summed E-state index contributed by atoms with van der Waals surface area (Å²) in [5.41, 5.74) is 1.56. The summed E-state index contributed by atoms with van der Waals surface area (Å²) in [6.07, 6.45) is 0.443. The number of nitrogens with one attached hydrogen (secondary N) is 1. The van der Waals surface area contributed by atoms with Crippen molar-refractivity contribution < 1.29 is 22.7 Å². The van der Waals surface area contributed by atoms with Crippen molar-refractivity contribution in [3.63, 3.8) is 0 Å². The number of hydrogen-bond acceptors (Lipinski definition) is 8. The van der Waals surface area contributed by atoms with E-state index in [0.29, 0.717) is 28.9 Å². The Balaban J connectivity index is 1.61. The lowest BCUT2D eigenvalue weighted by Gasteiger charge is -2.13. The molecule has 0 bridgehead atoms. The molecule has 9 nitrogen and oxygen atoms in total. The zero-order valence-corrected chi connectivity index (χ0v) is 19.9. The first kappa shape index (κ1) is 23.1. The molecule has 1 amide bonds. The molecule has 33 heavy (non-hydrogen) atoms. The highest BCUT2D eigenvalue weighted by Crippen LogP contribution is 2.33. The number of carbonyl (C=O) groups is 1. The second-order valence-corrected chi connectivity index (χ2v) is 10.7. The van der Waals surface area contributed by atoms with Gasteiger partial charge in [0.05, 0.1) is 42.7 Å². The van der Waals surface area contributed by atoms with Crippen molar-refractivity contribution in [2.24, 2.45) is 0 Å². The van der Waals surface area contributed by atoms with E-state index >= 15 is 0 Å². The molecule has 1 N–H and O–H groups in total. The minimum atomic E-state index is -3.06. The Hall–Kier alpha value is -3.05. The van der Waals surface area contributed by atoms with Crippen LogP contribution in [0.25, 0.3) is 17.1 Å². The van der Waals surface area contributed by atoms with Gasteiger partial charge in [0.2, 0.25) is 5.91 Å². The molecule has 0 aliphatic carbocycles. The van der Waals surface area contributed by atoms with E-state index in [1.54, 1.807) is 14.2 Å². The van der Waals surface area contributed by atoms with Crippen molar-refractivity contribution in [2.75, 3.05) is 31.5 Å². The van der Waals surface area contributed by atoms with Crippen LogP contribution in [0.15, 0.2) is 53.7 Å². The van der Waals surface area contributed by atoms with Crippen molar-refractivity contribution in [3.8, 4) is 28.6 Å². The van der Waals surface area contributed by atoms with Crippen molar-refractivity contribution in [1.29, 1.82) is 0 Å². The predicted octanol–water partition coefficient (Wildman–Crippen LogP) is 2.35. The normalized spacial score (nSPS) is 17.0. The van der Waals surface area contributed by atoms with E-state index in [0.717, 1.165) is 11.3 Å². The highest BCUT2D eigenvalue weighted by atomic mass is 32.2. The molecule has 174 valence electrons. The van der Waals surface area contributed by atoms with Crippen molar-refractivity contribution in [3.05, 3.63) is 48.5 Å². The number of benzene rings is 2. The van der Waals surface area contributed by atoms with Crippen LogP contribution in [0.3, 0.4) is 0 Å². The second kappa shape index (κ2) is 9.84. The number of carbonyl (C=O) groups excluding carboxylic acids is 1. The Morgan fingerprint density at radius 2 is 1.88 bits per heavy atom. The molecule has 2 heterocycles. The standard InChI is InChI=1S/C22H24N4O5S2/c1-30-17-9-7-16(8-10-17)26-21(18-5-3-4-6-19(18)31-2)24-25-22(26)32-13-20(27)23-15-11-12-33(28,29)14-15/h3-10,15H,11-14H2,1-2H3,(H,23,27)/t15-/m1/s1. The van der Waals surface area contributed by atoms with Gasteiger partial charge in [0, 0.05) is 6.04 Å². The van der Waals surface area contributed by atoms with Crippen molar-refractivity contribution in [1.82, 2.24) is 20.1 Å². The van der Waals surface area contributed by atoms with Gasteiger partial charge in [-0.05, 0) is 42.8 Å². The molecule has 1 atom stereocenters. The summed E-state index contributed by atoms with van der Waals surface area (Å²) in [7, 11) is 0.133. The fraction of sp³-hybridized carbons (Fsp3) is 0.318. The van der Waals surface area contributed by atoms with E-state index in [1.807, 2.05) is 53.1 Å². The largest absolute Gasteiger partial charge is 0.497 e. The van der Waals surface area contributed by atoms with Crippen LogP contribution in [0.4, 0.5) is 0 Å². The number of ether oxygens (including phenoxy) is 2. The smallest absolute Gasteiger partial charge is 0.230 e. The van der Waals surface area contributed by atoms with Crippen LogP contribution in [0, 0.1) is 0 Å². The maximum atomic E-state index is 12.5. The maximum absolute atomic E-state index is 12.5. The maximum Gasteiger partial charge on any atom is 0.230 e. The quantitative estimate of drug-likeness (QED) is 0.481. The van der Waals surface area contributed by atoms with E-state index in [2.05, 4.69) is 15.5 Å². The van der Waals surface area contributed by atoms with Crippen LogP contribution in [0.1, 0.15) is 6.42 Å². The first-order chi connectivity index (χ1) is 15.9. The molecule has 0 saturated carbocycles. The Kier molecular flexibility index (Phi) is 6.89. The van der Waals surface area contributed by atoms with E-state index in [-0.39, 0.29) is 29.2 Å². The number of thioether (sulfide) groups is 1. The minimum Gasteiger partial charge on any atom is -0.497 e. The molecule has 0 radical (unpaired) electrons. The van der Waals surface area contributed by atoms with Gasteiger partial charge in [-0.3, -0.25) is 9.36 Å². The van der Waals surface area contributed by atoms with Crippen LogP contribution in [-0.4, -0.2) is 66.6 Å². The number of amides is 1. The van der Waals surface area contributed by atoms with Crippen LogP contribution >= 0.6 is 11.8 Å². The first-order valence-corrected chi connectivity index (χ1v) is 13.1. The summed E-state index contributed by atoms with van der Waals surface area (Å²) in [4.78, 5) is 12.5. The number of hydrogen-bond donors (Lipinski definition) is 1. The molecule has 1 aliphatic heterocycles. The molecule has 0 unspecified atom stereocenters. The molecular weight excluding hydrogens is 464 g/mol. The highest BCUT2D eigenvalue weighted by Gasteiger charge is 2.29. The van der Waals surface area contributed by atoms with Gasteiger partial charge in [0.1, 0.15) is 11.5 Å². The minimum absolute atomic E-state index is 0.0105. The summed E-state index contributed by atoms with van der Waals surface area (Å²) < 4.78 is 35.9. The topological polar surface area (TPSA) is 112 Å². The van der Waals surface area contributed by atoms with Gasteiger partial charge in [-0.15, -0.1) is 10.2 Å². The molecule has 2 aromatic carbocycles. The molecule has 4 rings (SSSR count). The summed E-state index contributed by atoms with van der Waals surface area (Å²) in [6.45, 7) is 0. The van der Waals surface area contributed by atoms with Gasteiger partial charge < -0.3 is 14.8 Å². The SMILES string of the molecule is COc1ccc(-n2c(SCC(=O)N[C@@H]3CCS(=O)(=O)C3)nnc2-c2ccccc2OC)cc1. The van der Waals surface area contributed by atoms with Gasteiger partial charge in [0.25, 0.3) is 0 Å². The van der Waals surface area contributed by atoms with Crippen LogP contribution < -0.4 is 14.8 Å². The van der Waals surface area contributed by atoms with Crippen LogP contribution in [-0.2, 0) is 14.6 Å². The van der Waals surface area contributed by atoms with E-state index in [4.69, 9.17) is 9.47 Å². The van der Waals surface area contributed by atoms with Crippen LogP contribution in [0.5, 0.6) is 11.5 Å². The summed E-state index contributed by atoms with van der Waals surface area (Å²) in [6, 6.07) is 14.6. The van der Waals surface area contributed by atoms with E-state index in [1.165, 1.54) is 11.8 Å². The third-order valence-corrected chi connectivity index (χ3v) is 7.94. The Morgan fingerprint density at radius 3 is 2.55 bits per heavy atom. The number of rotatable bonds is 8. The van der Waals surface area contributed by atoms with Gasteiger partial charge in [-0.25, -0.2) is 8.42 Å². The molecule has 1 aromatic heterocycles. The fourth-order valence-corrected chi connectivity index (χ4v) is 6.08. The van der Waals surface area contributed by atoms with E-state index in [9.17, 15) is 13.2 Å². The zero-order valence-electron chi connectivity index (χ0n) is 18.2. The van der Waals surface area contributed by atoms with E-state index < -0.39 is 9.84 Å². The summed E-state index contributed by atoms with van der Waals surface area (Å²) in [5, 5.41) is 12.0. The lowest BCUT2D eigenvalue weighted by Crippen LogP contribution is -2.36. The highest BCUT2D eigenvalue weighted by molar-refractivity contribution is 7.99. The lowest BCUT2D eigenvalue weighted by molar-refractivity contribution is -0.119. The van der Waals surface area contributed by atoms with Gasteiger partial charge in [-0.2, -0.15) is 0 Å². The molecule has 1 fully saturated rings. The number of methoxy groups -OCH3 is 2. The Morgan fingerprint density at radius 1 is 1.12 bits per heavy atom. The zero-order chi connectivity index (χ0) is 23.4. The number of aromatic nitrogens is 3. The Labute approximate surface area is 196 Å². The molecule has 1 saturated heterocycles. The van der Waals surface area contributed by atoms with Gasteiger partial charge in [0.15, 0.2) is 20.8 Å². The molecule has 3 aromatic rings. The number of para-hydroxylation sites is 1. The summed E-state index contributed by atoms with van der Waals surface area (Å²) >= 11 is 1.23. The third kappa shape index (κ3) is 5.31. The molecule has 11 heteroatoms. The van der Waals surface area contributed by atoms with Crippen molar-refractivity contribution >= 4 is 27.5 Å². The fourth-order valence-electron chi connectivity index (χ4n) is 3.64. The van der Waals surface area contributed by atoms with Crippen LogP contribution in [0.2, 0.25) is 0 Å². The number of nitrogens with zero attached hydrogens (tertiary/aromatic N) is 3. The van der Waals surface area contributed by atoms with Gasteiger partial charge in [-0.1, -0.05) is 23.9 Å². The third-order valence-electron chi connectivity index (χ3n) is 5.24. The van der Waals surface area contributed by atoms with Crippen molar-refractivity contribution in [2.45, 2.75) is 17.6 Å². The summed E-state index contributed by atoms with van der Waals surface area (Å²) in [5.74, 6) is 1.87. The second-order valence-electron chi connectivity index (χ2n) is 7.50. The first-order valence-electron chi connectivity index (χ1n) is 10.3. The lowest BCUT2D eigenvalue weighted by atomic mass is 10.2. The van der Waals surface area contributed by atoms with Gasteiger partial charge >= 0.3 is 0 Å².